The van der Waals surface area contributed by atoms with Crippen molar-refractivity contribution < 1.29 is 0 Å². The number of hydrogen-bond donors (Lipinski definition) is 2. The van der Waals surface area contributed by atoms with Gasteiger partial charge in [0.1, 0.15) is 0 Å². The van der Waals surface area contributed by atoms with Gasteiger partial charge in [-0.3, -0.25) is 4.99 Å². The van der Waals surface area contributed by atoms with Gasteiger partial charge >= 0.3 is 0 Å². The Hall–Kier alpha value is -0.340. The van der Waals surface area contributed by atoms with Crippen molar-refractivity contribution in [3.63, 3.8) is 0 Å². The molecule has 1 aromatic rings. The number of aliphatic imine (C=N–C) groups is 1. The highest BCUT2D eigenvalue weighted by molar-refractivity contribution is 14.0. The monoisotopic (exact) mass is 478 g/mol. The van der Waals surface area contributed by atoms with Crippen molar-refractivity contribution in [2.75, 3.05) is 33.2 Å². The lowest BCUT2D eigenvalue weighted by Crippen LogP contribution is -2.40. The van der Waals surface area contributed by atoms with Gasteiger partial charge in [-0.1, -0.05) is 13.8 Å². The standard InChI is InChI=1S/C19H34N4S.HI/c1-15-11-16(2)14-23(13-15)9-6-5-8-21-19(20-4)22-12-18-17(3)7-10-24-18;/h7,10,15-16H,5-6,8-9,11-14H2,1-4H3,(H2,20,21,22);1H. The molecule has 0 aliphatic carbocycles. The number of nitrogens with one attached hydrogen (secondary N) is 2. The first-order valence-corrected chi connectivity index (χ1v) is 10.2. The predicted octanol–water partition coefficient (Wildman–Crippen LogP) is 4.10. The van der Waals surface area contributed by atoms with Gasteiger partial charge in [0, 0.05) is 31.6 Å². The van der Waals surface area contributed by atoms with Crippen LogP contribution in [0.4, 0.5) is 0 Å². The van der Waals surface area contributed by atoms with E-state index in [1.165, 1.54) is 49.3 Å². The Labute approximate surface area is 174 Å². The third-order valence-corrected chi connectivity index (χ3v) is 5.77. The van der Waals surface area contributed by atoms with Gasteiger partial charge < -0.3 is 15.5 Å². The van der Waals surface area contributed by atoms with Crippen LogP contribution in [-0.4, -0.2) is 44.1 Å². The van der Waals surface area contributed by atoms with Crippen LogP contribution in [0.5, 0.6) is 0 Å². The first-order chi connectivity index (χ1) is 11.6. The van der Waals surface area contributed by atoms with E-state index in [1.807, 2.05) is 7.05 Å². The molecule has 0 aromatic carbocycles. The van der Waals surface area contributed by atoms with E-state index < -0.39 is 0 Å². The first kappa shape index (κ1) is 22.7. The molecule has 0 amide bonds. The summed E-state index contributed by atoms with van der Waals surface area (Å²) in [6.07, 6.45) is 3.84. The van der Waals surface area contributed by atoms with E-state index in [4.69, 9.17) is 0 Å². The zero-order valence-corrected chi connectivity index (χ0v) is 19.3. The van der Waals surface area contributed by atoms with Gasteiger partial charge in [-0.05, 0) is 61.6 Å². The molecule has 2 unspecified atom stereocenters. The number of guanidine groups is 1. The van der Waals surface area contributed by atoms with Crippen LogP contribution < -0.4 is 10.6 Å². The third-order valence-electron chi connectivity index (χ3n) is 4.75. The van der Waals surface area contributed by atoms with Crippen LogP contribution in [-0.2, 0) is 6.54 Å². The van der Waals surface area contributed by atoms with Crippen molar-refractivity contribution >= 4 is 41.3 Å². The molecule has 0 radical (unpaired) electrons. The van der Waals surface area contributed by atoms with Gasteiger partial charge in [0.2, 0.25) is 0 Å². The van der Waals surface area contributed by atoms with Crippen LogP contribution in [0, 0.1) is 18.8 Å². The molecule has 0 spiro atoms. The number of nitrogens with zero attached hydrogens (tertiary/aromatic N) is 2. The Bertz CT molecular complexity index is 507. The Morgan fingerprint density at radius 2 is 1.96 bits per heavy atom. The predicted molar refractivity (Wildman–Crippen MR) is 121 cm³/mol. The highest BCUT2D eigenvalue weighted by Gasteiger charge is 2.20. The zero-order chi connectivity index (χ0) is 17.4. The summed E-state index contributed by atoms with van der Waals surface area (Å²) in [5.41, 5.74) is 1.35. The Kier molecular flexibility index (Phi) is 11.0. The summed E-state index contributed by atoms with van der Waals surface area (Å²) in [5.74, 6) is 2.62. The number of unbranched alkanes of at least 4 members (excludes halogenated alkanes) is 1. The summed E-state index contributed by atoms with van der Waals surface area (Å²) in [6, 6.07) is 2.17. The number of aryl methyl sites for hydroxylation is 1. The van der Waals surface area contributed by atoms with Crippen molar-refractivity contribution in [2.24, 2.45) is 16.8 Å². The molecule has 25 heavy (non-hydrogen) atoms. The largest absolute Gasteiger partial charge is 0.356 e. The smallest absolute Gasteiger partial charge is 0.191 e. The van der Waals surface area contributed by atoms with E-state index in [0.29, 0.717) is 0 Å². The fraction of sp³-hybridized carbons (Fsp3) is 0.737. The fourth-order valence-electron chi connectivity index (χ4n) is 3.61. The Morgan fingerprint density at radius 3 is 2.56 bits per heavy atom. The number of thiophene rings is 1. The van der Waals surface area contributed by atoms with Gasteiger partial charge in [-0.2, -0.15) is 0 Å². The molecule has 2 N–H and O–H groups in total. The summed E-state index contributed by atoms with van der Waals surface area (Å²) in [4.78, 5) is 8.34. The maximum Gasteiger partial charge on any atom is 0.191 e. The maximum absolute atomic E-state index is 4.31. The second-order valence-electron chi connectivity index (χ2n) is 7.29. The normalized spacial score (nSPS) is 21.7. The van der Waals surface area contributed by atoms with E-state index in [2.05, 4.69) is 52.7 Å². The molecule has 2 rings (SSSR count). The molecule has 1 aliphatic rings. The molecule has 1 aliphatic heterocycles. The van der Waals surface area contributed by atoms with E-state index in [1.54, 1.807) is 11.3 Å². The minimum Gasteiger partial charge on any atom is -0.356 e. The van der Waals surface area contributed by atoms with E-state index in [-0.39, 0.29) is 24.0 Å². The third kappa shape index (κ3) is 8.26. The highest BCUT2D eigenvalue weighted by atomic mass is 127. The van der Waals surface area contributed by atoms with E-state index >= 15 is 0 Å². The lowest BCUT2D eigenvalue weighted by molar-refractivity contribution is 0.139. The van der Waals surface area contributed by atoms with E-state index in [0.717, 1.165) is 30.9 Å². The second kappa shape index (κ2) is 12.1. The van der Waals surface area contributed by atoms with Crippen LogP contribution in [0.25, 0.3) is 0 Å². The van der Waals surface area contributed by atoms with Crippen LogP contribution in [0.15, 0.2) is 16.4 Å². The van der Waals surface area contributed by atoms with Crippen LogP contribution >= 0.6 is 35.3 Å². The van der Waals surface area contributed by atoms with Crippen molar-refractivity contribution in [3.05, 3.63) is 21.9 Å². The second-order valence-corrected chi connectivity index (χ2v) is 8.29. The molecular formula is C19H35IN4S. The SMILES string of the molecule is CN=C(NCCCCN1CC(C)CC(C)C1)NCc1sccc1C.I. The molecule has 6 heteroatoms. The lowest BCUT2D eigenvalue weighted by atomic mass is 9.92. The van der Waals surface area contributed by atoms with Crippen molar-refractivity contribution in [1.82, 2.24) is 15.5 Å². The minimum atomic E-state index is 0. The summed E-state index contributed by atoms with van der Waals surface area (Å²) >= 11 is 1.80. The van der Waals surface area contributed by atoms with Gasteiger partial charge in [0.05, 0.1) is 6.54 Å². The maximum atomic E-state index is 4.31. The average Bonchev–Trinajstić information content (AvgIpc) is 2.94. The molecule has 1 saturated heterocycles. The van der Waals surface area contributed by atoms with E-state index in [9.17, 15) is 0 Å². The van der Waals surface area contributed by atoms with Crippen LogP contribution in [0.1, 0.15) is 43.6 Å². The van der Waals surface area contributed by atoms with Gasteiger partial charge in [0.15, 0.2) is 5.96 Å². The molecule has 0 saturated carbocycles. The number of likely N-dealkylation sites (tertiary alicyclic amines) is 1. The zero-order valence-electron chi connectivity index (χ0n) is 16.2. The molecule has 4 nitrogen and oxygen atoms in total. The average molecular weight is 478 g/mol. The number of piperidine rings is 1. The molecular weight excluding hydrogens is 443 g/mol. The summed E-state index contributed by atoms with van der Waals surface area (Å²) in [6.45, 7) is 12.6. The molecule has 0 bridgehead atoms. The van der Waals surface area contributed by atoms with Gasteiger partial charge in [0.25, 0.3) is 0 Å². The van der Waals surface area contributed by atoms with Crippen molar-refractivity contribution in [3.8, 4) is 0 Å². The summed E-state index contributed by atoms with van der Waals surface area (Å²) < 4.78 is 0. The number of rotatable bonds is 7. The van der Waals surface area contributed by atoms with Crippen molar-refractivity contribution in [2.45, 2.75) is 46.6 Å². The number of hydrogen-bond acceptors (Lipinski definition) is 3. The van der Waals surface area contributed by atoms with Gasteiger partial charge in [-0.25, -0.2) is 0 Å². The molecule has 1 aromatic heterocycles. The highest BCUT2D eigenvalue weighted by Crippen LogP contribution is 2.21. The molecule has 1 fully saturated rings. The molecule has 144 valence electrons. The topological polar surface area (TPSA) is 39.7 Å². The molecule has 2 atom stereocenters. The summed E-state index contributed by atoms with van der Waals surface area (Å²) in [5, 5.41) is 8.98. The molecule has 2 heterocycles. The van der Waals surface area contributed by atoms with Crippen molar-refractivity contribution in [1.29, 1.82) is 0 Å². The lowest BCUT2D eigenvalue weighted by Gasteiger charge is -2.34. The first-order valence-electron chi connectivity index (χ1n) is 9.28. The van der Waals surface area contributed by atoms with Crippen LogP contribution in [0.2, 0.25) is 0 Å². The van der Waals surface area contributed by atoms with Gasteiger partial charge in [-0.15, -0.1) is 35.3 Å². The van der Waals surface area contributed by atoms with Crippen LogP contribution in [0.3, 0.4) is 0 Å². The minimum absolute atomic E-state index is 0. The Morgan fingerprint density at radius 1 is 1.24 bits per heavy atom. The fourth-order valence-corrected chi connectivity index (χ4v) is 4.46. The Balaban J connectivity index is 0.00000312. The summed E-state index contributed by atoms with van der Waals surface area (Å²) in [7, 11) is 1.84. The number of halogens is 1. The quantitative estimate of drug-likeness (QED) is 0.268.